The Balaban J connectivity index is 1.86. The maximum absolute atomic E-state index is 12.6. The molecule has 2 aliphatic heterocycles. The number of nitrogens with two attached hydrogens (primary N) is 3. The zero-order chi connectivity index (χ0) is 20.8. The van der Waals surface area contributed by atoms with Gasteiger partial charge in [-0.15, -0.1) is 5.11 Å². The molecule has 29 heavy (non-hydrogen) atoms. The number of hydrazine groups is 2. The number of para-hydroxylation sites is 1. The molecule has 0 saturated carbocycles. The number of carbonyl (C=O) groups is 1. The lowest BCUT2D eigenvalue weighted by atomic mass is 10.1. The highest BCUT2D eigenvalue weighted by molar-refractivity contribution is 7.81. The minimum Gasteiger partial charge on any atom is -0.367 e. The van der Waals surface area contributed by atoms with Gasteiger partial charge in [0.2, 0.25) is 0 Å². The second-order valence-electron chi connectivity index (χ2n) is 6.29. The Bertz CT molecular complexity index is 896. The molecule has 7 N–H and O–H groups in total. The molecular formula is C18H22N8O2S. The summed E-state index contributed by atoms with van der Waals surface area (Å²) in [5.74, 6) is 17.3. The van der Waals surface area contributed by atoms with E-state index in [1.54, 1.807) is 18.3 Å². The number of benzene rings is 1. The van der Waals surface area contributed by atoms with E-state index in [0.29, 0.717) is 17.9 Å². The van der Waals surface area contributed by atoms with Crippen LogP contribution in [-0.4, -0.2) is 41.7 Å². The third-order valence-electron chi connectivity index (χ3n) is 4.33. The van der Waals surface area contributed by atoms with Crippen molar-refractivity contribution in [1.29, 1.82) is 0 Å². The van der Waals surface area contributed by atoms with E-state index in [0.717, 1.165) is 5.57 Å². The molecule has 3 rings (SSSR count). The number of Topliss-reactive ketones (excluding diaryl/α,β-unsaturated/α-hetero) is 1. The molecule has 0 saturated heterocycles. The lowest BCUT2D eigenvalue weighted by Gasteiger charge is -2.31. The topological polar surface area (TPSA) is 148 Å². The number of hydrogen-bond acceptors (Lipinski definition) is 9. The van der Waals surface area contributed by atoms with Crippen LogP contribution in [0.3, 0.4) is 0 Å². The molecule has 0 amide bonds. The summed E-state index contributed by atoms with van der Waals surface area (Å²) in [6.07, 6.45) is 5.00. The SMILES string of the molecule is NN=NC1C=C(CN(N)C2=C(C(=S)N(N)c3ccccc3)C(=O)COC2)C=CN1. The smallest absolute Gasteiger partial charge is 0.193 e. The Morgan fingerprint density at radius 1 is 1.28 bits per heavy atom. The normalized spacial score (nSPS) is 19.2. The van der Waals surface area contributed by atoms with Gasteiger partial charge in [-0.25, -0.2) is 11.7 Å². The summed E-state index contributed by atoms with van der Waals surface area (Å²) < 4.78 is 5.38. The van der Waals surface area contributed by atoms with Crippen LogP contribution in [0.2, 0.25) is 0 Å². The zero-order valence-electron chi connectivity index (χ0n) is 15.6. The van der Waals surface area contributed by atoms with E-state index in [1.165, 1.54) is 10.0 Å². The fraction of sp³-hybridized carbons (Fsp3) is 0.222. The third kappa shape index (κ3) is 4.84. The molecule has 2 aliphatic rings. The lowest BCUT2D eigenvalue weighted by molar-refractivity contribution is -0.120. The first-order chi connectivity index (χ1) is 14.0. The average Bonchev–Trinajstić information content (AvgIpc) is 2.73. The second kappa shape index (κ2) is 9.39. The Kier molecular flexibility index (Phi) is 6.67. The van der Waals surface area contributed by atoms with Crippen LogP contribution in [0.1, 0.15) is 0 Å². The van der Waals surface area contributed by atoms with Gasteiger partial charge in [0.25, 0.3) is 0 Å². The monoisotopic (exact) mass is 414 g/mol. The molecule has 152 valence electrons. The number of nitrogens with one attached hydrogen (secondary N) is 1. The van der Waals surface area contributed by atoms with Crippen molar-refractivity contribution in [1.82, 2.24) is 10.3 Å². The van der Waals surface area contributed by atoms with Crippen molar-refractivity contribution in [2.75, 3.05) is 24.8 Å². The Morgan fingerprint density at radius 2 is 2.03 bits per heavy atom. The lowest BCUT2D eigenvalue weighted by Crippen LogP contribution is -2.45. The summed E-state index contributed by atoms with van der Waals surface area (Å²) in [7, 11) is 0. The van der Waals surface area contributed by atoms with Gasteiger partial charge in [0, 0.05) is 0 Å². The van der Waals surface area contributed by atoms with Crippen molar-refractivity contribution in [3.8, 4) is 0 Å². The van der Waals surface area contributed by atoms with Crippen molar-refractivity contribution in [3.63, 3.8) is 0 Å². The van der Waals surface area contributed by atoms with Gasteiger partial charge in [0.05, 0.1) is 30.1 Å². The van der Waals surface area contributed by atoms with Gasteiger partial charge in [0.15, 0.2) is 11.9 Å². The van der Waals surface area contributed by atoms with E-state index in [-0.39, 0.29) is 35.7 Å². The predicted octanol–water partition coefficient (Wildman–Crippen LogP) is 0.419. The molecule has 11 heteroatoms. The summed E-state index contributed by atoms with van der Waals surface area (Å²) in [4.78, 5) is 12.8. The standard InChI is InChI=1S/C18H22N8O2S/c19-24-23-16-8-12(6-7-22-16)9-25(20)14-10-28-11-15(27)17(14)18(29)26(21)13-4-2-1-3-5-13/h1-8,16,22H,9-11,20-21H2,(H2,19,23). The molecule has 0 radical (unpaired) electrons. The van der Waals surface area contributed by atoms with Gasteiger partial charge in [-0.05, 0) is 36.1 Å². The minimum absolute atomic E-state index is 0.0824. The van der Waals surface area contributed by atoms with Gasteiger partial charge in [-0.2, -0.15) is 0 Å². The first-order valence-electron chi connectivity index (χ1n) is 8.75. The maximum Gasteiger partial charge on any atom is 0.193 e. The minimum atomic E-state index is -0.384. The number of ketones is 1. The van der Waals surface area contributed by atoms with Crippen molar-refractivity contribution < 1.29 is 9.53 Å². The number of rotatable bonds is 6. The quantitative estimate of drug-likeness (QED) is 0.225. The Hall–Kier alpha value is -3.12. The van der Waals surface area contributed by atoms with Crippen molar-refractivity contribution >= 4 is 28.7 Å². The van der Waals surface area contributed by atoms with Gasteiger partial charge in [-0.1, -0.05) is 35.6 Å². The van der Waals surface area contributed by atoms with Crippen molar-refractivity contribution in [3.05, 3.63) is 65.5 Å². The molecule has 0 spiro atoms. The third-order valence-corrected chi connectivity index (χ3v) is 4.73. The van der Waals surface area contributed by atoms with E-state index >= 15 is 0 Å². The summed E-state index contributed by atoms with van der Waals surface area (Å²) in [6.45, 7) is 0.352. The molecule has 0 fully saturated rings. The Morgan fingerprint density at radius 3 is 2.76 bits per heavy atom. The fourth-order valence-corrected chi connectivity index (χ4v) is 3.27. The largest absolute Gasteiger partial charge is 0.367 e. The van der Waals surface area contributed by atoms with Crippen LogP contribution in [-0.2, 0) is 9.53 Å². The van der Waals surface area contributed by atoms with E-state index in [9.17, 15) is 4.79 Å². The highest BCUT2D eigenvalue weighted by Gasteiger charge is 2.30. The molecule has 0 aromatic heterocycles. The van der Waals surface area contributed by atoms with E-state index in [2.05, 4.69) is 15.7 Å². The van der Waals surface area contributed by atoms with Crippen LogP contribution in [0.25, 0.3) is 0 Å². The highest BCUT2D eigenvalue weighted by atomic mass is 32.1. The van der Waals surface area contributed by atoms with Crippen LogP contribution in [0, 0.1) is 0 Å². The molecule has 1 aromatic rings. The number of nitrogens with zero attached hydrogens (tertiary/aromatic N) is 4. The summed E-state index contributed by atoms with van der Waals surface area (Å²) >= 11 is 5.51. The summed E-state index contributed by atoms with van der Waals surface area (Å²) in [5.41, 5.74) is 2.25. The number of anilines is 1. The van der Waals surface area contributed by atoms with Gasteiger partial charge < -0.3 is 20.9 Å². The predicted molar refractivity (Wildman–Crippen MR) is 113 cm³/mol. The molecule has 0 bridgehead atoms. The summed E-state index contributed by atoms with van der Waals surface area (Å²) in [5, 5.41) is 12.8. The van der Waals surface area contributed by atoms with E-state index < -0.39 is 0 Å². The van der Waals surface area contributed by atoms with Gasteiger partial charge in [0.1, 0.15) is 11.6 Å². The molecule has 0 aliphatic carbocycles. The van der Waals surface area contributed by atoms with Crippen LogP contribution in [0.5, 0.6) is 0 Å². The first kappa shape index (κ1) is 20.6. The van der Waals surface area contributed by atoms with Gasteiger partial charge >= 0.3 is 0 Å². The average molecular weight is 414 g/mol. The molecule has 1 atom stereocenters. The molecule has 2 heterocycles. The number of carbonyl (C=O) groups excluding carboxylic acids is 1. The van der Waals surface area contributed by atoms with Crippen molar-refractivity contribution in [2.24, 2.45) is 27.9 Å². The van der Waals surface area contributed by atoms with Crippen LogP contribution >= 0.6 is 12.2 Å². The van der Waals surface area contributed by atoms with Crippen LogP contribution < -0.4 is 27.9 Å². The molecule has 1 unspecified atom stereocenters. The van der Waals surface area contributed by atoms with E-state index in [1.807, 2.05) is 30.4 Å². The maximum atomic E-state index is 12.6. The summed E-state index contributed by atoms with van der Waals surface area (Å²) in [6, 6.07) is 9.13. The first-order valence-corrected chi connectivity index (χ1v) is 9.16. The van der Waals surface area contributed by atoms with Crippen LogP contribution in [0.15, 0.2) is 75.9 Å². The van der Waals surface area contributed by atoms with E-state index in [4.69, 9.17) is 34.5 Å². The fourth-order valence-electron chi connectivity index (χ4n) is 2.94. The molecule has 1 aromatic carbocycles. The molecular weight excluding hydrogens is 392 g/mol. The number of hydrogen-bond donors (Lipinski definition) is 4. The van der Waals surface area contributed by atoms with Gasteiger partial charge in [-0.3, -0.25) is 9.80 Å². The van der Waals surface area contributed by atoms with Crippen molar-refractivity contribution in [2.45, 2.75) is 6.17 Å². The number of thiocarbonyl (C=S) groups is 1. The highest BCUT2D eigenvalue weighted by Crippen LogP contribution is 2.22. The second-order valence-corrected chi connectivity index (χ2v) is 6.68. The molecule has 10 nitrogen and oxygen atoms in total. The number of ether oxygens (including phenoxy) is 1. The van der Waals surface area contributed by atoms with Crippen LogP contribution in [0.4, 0.5) is 5.69 Å². The number of dihydropyridines is 1. The zero-order valence-corrected chi connectivity index (χ0v) is 16.4. The Labute approximate surface area is 173 Å².